The minimum absolute atomic E-state index is 0.218. The molecule has 3 heteroatoms. The summed E-state index contributed by atoms with van der Waals surface area (Å²) in [5, 5.41) is 8.06. The molecule has 0 rings (SSSR count). The molecule has 0 aliphatic carbocycles. The van der Waals surface area contributed by atoms with Gasteiger partial charge < -0.3 is 9.84 Å². The fourth-order valence-electron chi connectivity index (χ4n) is 0.311. The van der Waals surface area contributed by atoms with Gasteiger partial charge in [0.05, 0.1) is 6.61 Å². The van der Waals surface area contributed by atoms with Crippen LogP contribution in [0.2, 0.25) is 0 Å². The van der Waals surface area contributed by atoms with Crippen LogP contribution >= 0.6 is 0 Å². The molecule has 0 saturated heterocycles. The van der Waals surface area contributed by atoms with E-state index in [1.54, 1.807) is 6.08 Å². The van der Waals surface area contributed by atoms with Crippen molar-refractivity contribution in [3.63, 3.8) is 0 Å². The lowest BCUT2D eigenvalue weighted by Gasteiger charge is -1.92. The third-order valence-electron chi connectivity index (χ3n) is 0.675. The number of carboxylic acid groups (broad SMARTS) is 1. The molecule has 0 aliphatic heterocycles. The molecule has 0 aromatic heterocycles. The fourth-order valence-corrected chi connectivity index (χ4v) is 0.311. The second-order valence-corrected chi connectivity index (χ2v) is 1.48. The lowest BCUT2D eigenvalue weighted by atomic mass is 10.5. The average molecular weight is 130 g/mol. The monoisotopic (exact) mass is 130 g/mol. The van der Waals surface area contributed by atoms with E-state index in [9.17, 15) is 4.79 Å². The first kappa shape index (κ1) is 8.17. The Morgan fingerprint density at radius 2 is 2.44 bits per heavy atom. The van der Waals surface area contributed by atoms with Gasteiger partial charge in [0, 0.05) is 0 Å². The van der Waals surface area contributed by atoms with Gasteiger partial charge in [-0.25, -0.2) is 4.79 Å². The lowest BCUT2D eigenvalue weighted by Crippen LogP contribution is -2.06. The van der Waals surface area contributed by atoms with Crippen molar-refractivity contribution >= 4 is 5.97 Å². The van der Waals surface area contributed by atoms with Crippen LogP contribution in [-0.4, -0.2) is 24.3 Å². The van der Waals surface area contributed by atoms with Gasteiger partial charge in [-0.1, -0.05) is 12.2 Å². The van der Waals surface area contributed by atoms with Crippen LogP contribution in [0.3, 0.4) is 0 Å². The summed E-state index contributed by atoms with van der Waals surface area (Å²) in [6.07, 6.45) is 3.56. The Morgan fingerprint density at radius 3 is 2.89 bits per heavy atom. The maximum absolute atomic E-state index is 9.81. The van der Waals surface area contributed by atoms with Crippen molar-refractivity contribution in [2.24, 2.45) is 0 Å². The van der Waals surface area contributed by atoms with Crippen molar-refractivity contribution in [2.75, 3.05) is 13.2 Å². The first-order valence-corrected chi connectivity index (χ1v) is 2.68. The molecule has 0 aromatic rings. The van der Waals surface area contributed by atoms with Crippen molar-refractivity contribution in [1.82, 2.24) is 0 Å². The van der Waals surface area contributed by atoms with E-state index < -0.39 is 5.97 Å². The van der Waals surface area contributed by atoms with Gasteiger partial charge in [-0.3, -0.25) is 0 Å². The predicted octanol–water partition coefficient (Wildman–Crippen LogP) is 0.664. The summed E-state index contributed by atoms with van der Waals surface area (Å²) in [5.74, 6) is -0.931. The Kier molecular flexibility index (Phi) is 4.82. The first-order valence-electron chi connectivity index (χ1n) is 2.68. The van der Waals surface area contributed by atoms with Crippen LogP contribution in [0.25, 0.3) is 0 Å². The summed E-state index contributed by atoms with van der Waals surface area (Å²) < 4.78 is 4.65. The molecular formula is C6H10O3. The highest BCUT2D eigenvalue weighted by molar-refractivity contribution is 5.67. The molecule has 0 aliphatic rings. The third kappa shape index (κ3) is 7.17. The summed E-state index contributed by atoms with van der Waals surface area (Å²) in [4.78, 5) is 9.81. The normalized spacial score (nSPS) is 10.3. The van der Waals surface area contributed by atoms with Crippen molar-refractivity contribution in [2.45, 2.75) is 6.92 Å². The minimum Gasteiger partial charge on any atom is -0.480 e. The third-order valence-corrected chi connectivity index (χ3v) is 0.675. The molecule has 0 atom stereocenters. The molecule has 0 fully saturated rings. The summed E-state index contributed by atoms with van der Waals surface area (Å²) in [5.41, 5.74) is 0. The van der Waals surface area contributed by atoms with Gasteiger partial charge in [0.15, 0.2) is 0 Å². The summed E-state index contributed by atoms with van der Waals surface area (Å²) in [6, 6.07) is 0. The molecular weight excluding hydrogens is 120 g/mol. The van der Waals surface area contributed by atoms with E-state index in [1.165, 1.54) is 0 Å². The van der Waals surface area contributed by atoms with Crippen LogP contribution in [0.15, 0.2) is 12.2 Å². The predicted molar refractivity (Wildman–Crippen MR) is 33.3 cm³/mol. The topological polar surface area (TPSA) is 46.5 Å². The molecule has 3 nitrogen and oxygen atoms in total. The van der Waals surface area contributed by atoms with Gasteiger partial charge in [-0.2, -0.15) is 0 Å². The zero-order valence-electron chi connectivity index (χ0n) is 5.33. The van der Waals surface area contributed by atoms with Crippen LogP contribution in [0, 0.1) is 0 Å². The van der Waals surface area contributed by atoms with E-state index in [0.29, 0.717) is 6.61 Å². The van der Waals surface area contributed by atoms with E-state index in [1.807, 2.05) is 13.0 Å². The van der Waals surface area contributed by atoms with Crippen molar-refractivity contribution in [1.29, 1.82) is 0 Å². The number of carbonyl (C=O) groups is 1. The number of hydrogen-bond donors (Lipinski definition) is 1. The van der Waals surface area contributed by atoms with Crippen LogP contribution in [0.1, 0.15) is 6.92 Å². The van der Waals surface area contributed by atoms with Gasteiger partial charge in [-0.05, 0) is 6.92 Å². The van der Waals surface area contributed by atoms with E-state index in [-0.39, 0.29) is 6.61 Å². The summed E-state index contributed by atoms with van der Waals surface area (Å²) in [6.45, 7) is 2.01. The number of aliphatic carboxylic acids is 1. The molecule has 0 spiro atoms. The van der Waals surface area contributed by atoms with Gasteiger partial charge in [0.1, 0.15) is 6.61 Å². The quantitative estimate of drug-likeness (QED) is 0.449. The Labute approximate surface area is 53.9 Å². The van der Waals surface area contributed by atoms with Gasteiger partial charge >= 0.3 is 5.97 Å². The molecule has 0 amide bonds. The molecule has 9 heavy (non-hydrogen) atoms. The Hall–Kier alpha value is -0.830. The Morgan fingerprint density at radius 1 is 1.78 bits per heavy atom. The van der Waals surface area contributed by atoms with Crippen LogP contribution in [-0.2, 0) is 9.53 Å². The number of allylic oxidation sites excluding steroid dienone is 1. The van der Waals surface area contributed by atoms with Gasteiger partial charge in [0.25, 0.3) is 0 Å². The number of carboxylic acids is 1. The zero-order valence-corrected chi connectivity index (χ0v) is 5.33. The largest absolute Gasteiger partial charge is 0.480 e. The van der Waals surface area contributed by atoms with E-state index in [0.717, 1.165) is 0 Å². The first-order chi connectivity index (χ1) is 4.27. The number of rotatable bonds is 4. The van der Waals surface area contributed by atoms with Gasteiger partial charge in [0.2, 0.25) is 0 Å². The van der Waals surface area contributed by atoms with Crippen molar-refractivity contribution < 1.29 is 14.6 Å². The maximum Gasteiger partial charge on any atom is 0.329 e. The summed E-state index contributed by atoms with van der Waals surface area (Å²) >= 11 is 0. The number of ether oxygens (including phenoxy) is 1. The van der Waals surface area contributed by atoms with E-state index in [2.05, 4.69) is 4.74 Å². The zero-order chi connectivity index (χ0) is 7.11. The number of hydrogen-bond acceptors (Lipinski definition) is 2. The van der Waals surface area contributed by atoms with E-state index in [4.69, 9.17) is 5.11 Å². The van der Waals surface area contributed by atoms with Crippen molar-refractivity contribution in [3.8, 4) is 0 Å². The van der Waals surface area contributed by atoms with Crippen molar-refractivity contribution in [3.05, 3.63) is 12.2 Å². The highest BCUT2D eigenvalue weighted by Gasteiger charge is 1.91. The standard InChI is InChI=1S/C6H10O3/c1-2-3-4-9-5-6(7)8/h2-3H,4-5H2,1H3,(H,7,8)/b3-2-. The average Bonchev–Trinajstić information content (AvgIpc) is 1.80. The highest BCUT2D eigenvalue weighted by atomic mass is 16.5. The second-order valence-electron chi connectivity index (χ2n) is 1.48. The lowest BCUT2D eigenvalue weighted by molar-refractivity contribution is -0.141. The SMILES string of the molecule is C/C=C\COCC(=O)O. The highest BCUT2D eigenvalue weighted by Crippen LogP contribution is 1.76. The Balaban J connectivity index is 3.01. The molecule has 52 valence electrons. The maximum atomic E-state index is 9.81. The fraction of sp³-hybridized carbons (Fsp3) is 0.500. The molecule has 0 aromatic carbocycles. The minimum atomic E-state index is -0.931. The van der Waals surface area contributed by atoms with Crippen LogP contribution in [0.5, 0.6) is 0 Å². The molecule has 0 bridgehead atoms. The van der Waals surface area contributed by atoms with E-state index >= 15 is 0 Å². The Bertz CT molecular complexity index is 107. The summed E-state index contributed by atoms with van der Waals surface area (Å²) in [7, 11) is 0. The molecule has 0 saturated carbocycles. The smallest absolute Gasteiger partial charge is 0.329 e. The second kappa shape index (κ2) is 5.31. The molecule has 0 unspecified atom stereocenters. The van der Waals surface area contributed by atoms with Crippen LogP contribution < -0.4 is 0 Å². The molecule has 0 radical (unpaired) electrons. The molecule has 1 N–H and O–H groups in total. The van der Waals surface area contributed by atoms with Crippen LogP contribution in [0.4, 0.5) is 0 Å². The molecule has 0 heterocycles. The van der Waals surface area contributed by atoms with Gasteiger partial charge in [-0.15, -0.1) is 0 Å².